The van der Waals surface area contributed by atoms with Gasteiger partial charge in [-0.3, -0.25) is 14.4 Å². The number of esters is 3. The molecule has 6 heteroatoms. The Morgan fingerprint density at radius 2 is 0.686 bits per heavy atom. The third-order valence-corrected chi connectivity index (χ3v) is 10.7. The second kappa shape index (κ2) is 38.1. The molecule has 0 aromatic heterocycles. The van der Waals surface area contributed by atoms with E-state index in [0.717, 1.165) is 76.0 Å². The Bertz CT molecular complexity index is 783. The van der Waals surface area contributed by atoms with Crippen LogP contribution in [0.2, 0.25) is 0 Å². The lowest BCUT2D eigenvalue weighted by Crippen LogP contribution is -2.30. The topological polar surface area (TPSA) is 78.9 Å². The van der Waals surface area contributed by atoms with E-state index in [2.05, 4.69) is 34.6 Å². The standard InChI is InChI=1S/C45H86O6/c1-6-9-10-23-30-35-43(46)49-38-42(51-45(48)37-32-27-22-18-14-12-16-20-25-29-34-41(5)8-3)39-50-44(47)36-31-26-21-17-13-11-15-19-24-28-33-40(4)7-2/h40-42H,6-39H2,1-5H3/t40?,41?,42-/m0/s1. The summed E-state index contributed by atoms with van der Waals surface area (Å²) in [5.41, 5.74) is 0. The third kappa shape index (κ3) is 36.6. The van der Waals surface area contributed by atoms with Crippen molar-refractivity contribution in [3.8, 4) is 0 Å². The van der Waals surface area contributed by atoms with Crippen molar-refractivity contribution in [1.29, 1.82) is 0 Å². The number of rotatable bonds is 39. The van der Waals surface area contributed by atoms with Gasteiger partial charge < -0.3 is 14.2 Å². The summed E-state index contributed by atoms with van der Waals surface area (Å²) >= 11 is 0. The Labute approximate surface area is 317 Å². The fourth-order valence-electron chi connectivity index (χ4n) is 6.51. The summed E-state index contributed by atoms with van der Waals surface area (Å²) < 4.78 is 16.6. The maximum absolute atomic E-state index is 12.7. The van der Waals surface area contributed by atoms with Gasteiger partial charge in [-0.05, 0) is 31.1 Å². The van der Waals surface area contributed by atoms with Gasteiger partial charge in [-0.2, -0.15) is 0 Å². The van der Waals surface area contributed by atoms with Crippen molar-refractivity contribution < 1.29 is 28.6 Å². The van der Waals surface area contributed by atoms with Crippen molar-refractivity contribution in [1.82, 2.24) is 0 Å². The SMILES string of the molecule is CCCCCCCC(=O)OC[C@@H](COC(=O)CCCCCCCCCCCCC(C)CC)OC(=O)CCCCCCCCCCCCC(C)CC. The van der Waals surface area contributed by atoms with E-state index < -0.39 is 6.10 Å². The minimum absolute atomic E-state index is 0.0661. The fourth-order valence-corrected chi connectivity index (χ4v) is 6.51. The smallest absolute Gasteiger partial charge is 0.306 e. The van der Waals surface area contributed by atoms with Gasteiger partial charge >= 0.3 is 17.9 Å². The van der Waals surface area contributed by atoms with E-state index >= 15 is 0 Å². The van der Waals surface area contributed by atoms with Gasteiger partial charge in [-0.25, -0.2) is 0 Å². The molecule has 0 rings (SSSR count). The van der Waals surface area contributed by atoms with Gasteiger partial charge in [0.25, 0.3) is 0 Å². The van der Waals surface area contributed by atoms with E-state index in [4.69, 9.17) is 14.2 Å². The van der Waals surface area contributed by atoms with Crippen LogP contribution in [0.3, 0.4) is 0 Å². The number of carbonyl (C=O) groups excluding carboxylic acids is 3. The van der Waals surface area contributed by atoms with Crippen LogP contribution in [-0.4, -0.2) is 37.2 Å². The number of hydrogen-bond acceptors (Lipinski definition) is 6. The molecular formula is C45H86O6. The highest BCUT2D eigenvalue weighted by Gasteiger charge is 2.19. The monoisotopic (exact) mass is 723 g/mol. The van der Waals surface area contributed by atoms with Crippen molar-refractivity contribution in [2.45, 2.75) is 246 Å². The van der Waals surface area contributed by atoms with Crippen LogP contribution >= 0.6 is 0 Å². The van der Waals surface area contributed by atoms with Gasteiger partial charge in [0.2, 0.25) is 0 Å². The summed E-state index contributed by atoms with van der Waals surface area (Å²) in [7, 11) is 0. The first-order valence-electron chi connectivity index (χ1n) is 22.3. The molecule has 0 fully saturated rings. The highest BCUT2D eigenvalue weighted by Crippen LogP contribution is 2.17. The summed E-state index contributed by atoms with van der Waals surface area (Å²) in [6.07, 6.45) is 35.3. The minimum atomic E-state index is -0.759. The largest absolute Gasteiger partial charge is 0.462 e. The second-order valence-corrected chi connectivity index (χ2v) is 15.8. The molecule has 51 heavy (non-hydrogen) atoms. The molecule has 0 N–H and O–H groups in total. The maximum atomic E-state index is 12.7. The zero-order chi connectivity index (χ0) is 37.6. The first-order chi connectivity index (χ1) is 24.8. The molecule has 0 heterocycles. The van der Waals surface area contributed by atoms with Crippen molar-refractivity contribution in [2.24, 2.45) is 11.8 Å². The Balaban J connectivity index is 4.22. The summed E-state index contributed by atoms with van der Waals surface area (Å²) in [6, 6.07) is 0. The summed E-state index contributed by atoms with van der Waals surface area (Å²) in [5, 5.41) is 0. The van der Waals surface area contributed by atoms with Gasteiger partial charge in [-0.15, -0.1) is 0 Å². The molecule has 0 aliphatic heterocycles. The van der Waals surface area contributed by atoms with Crippen LogP contribution in [0.5, 0.6) is 0 Å². The van der Waals surface area contributed by atoms with Crippen LogP contribution in [-0.2, 0) is 28.6 Å². The lowest BCUT2D eigenvalue weighted by atomic mass is 9.99. The van der Waals surface area contributed by atoms with Crippen molar-refractivity contribution >= 4 is 17.9 Å². The number of unbranched alkanes of at least 4 members (excludes halogenated alkanes) is 22. The molecule has 0 saturated heterocycles. The van der Waals surface area contributed by atoms with Crippen molar-refractivity contribution in [2.75, 3.05) is 13.2 Å². The molecule has 2 unspecified atom stereocenters. The molecule has 0 amide bonds. The fraction of sp³-hybridized carbons (Fsp3) is 0.933. The Hall–Kier alpha value is -1.59. The quantitative estimate of drug-likeness (QED) is 0.0357. The lowest BCUT2D eigenvalue weighted by Gasteiger charge is -2.18. The predicted octanol–water partition coefficient (Wildman–Crippen LogP) is 13.8. The van der Waals surface area contributed by atoms with E-state index in [1.54, 1.807) is 0 Å². The van der Waals surface area contributed by atoms with Gasteiger partial charge in [0.1, 0.15) is 13.2 Å². The van der Waals surface area contributed by atoms with E-state index in [1.165, 1.54) is 122 Å². The van der Waals surface area contributed by atoms with Crippen LogP contribution < -0.4 is 0 Å². The van der Waals surface area contributed by atoms with E-state index in [-0.39, 0.29) is 31.1 Å². The van der Waals surface area contributed by atoms with Crippen LogP contribution in [0.1, 0.15) is 240 Å². The summed E-state index contributed by atoms with van der Waals surface area (Å²) in [5.74, 6) is 0.864. The van der Waals surface area contributed by atoms with Gasteiger partial charge in [0, 0.05) is 19.3 Å². The Morgan fingerprint density at radius 1 is 0.392 bits per heavy atom. The molecular weight excluding hydrogens is 636 g/mol. The second-order valence-electron chi connectivity index (χ2n) is 15.8. The number of ether oxygens (including phenoxy) is 3. The number of hydrogen-bond donors (Lipinski definition) is 0. The normalized spacial score (nSPS) is 13.1. The van der Waals surface area contributed by atoms with Crippen molar-refractivity contribution in [3.63, 3.8) is 0 Å². The molecule has 0 saturated carbocycles. The molecule has 0 aliphatic carbocycles. The maximum Gasteiger partial charge on any atom is 0.306 e. The Morgan fingerprint density at radius 3 is 1.02 bits per heavy atom. The van der Waals surface area contributed by atoms with Crippen molar-refractivity contribution in [3.05, 3.63) is 0 Å². The zero-order valence-electron chi connectivity index (χ0n) is 34.7. The lowest BCUT2D eigenvalue weighted by molar-refractivity contribution is -0.167. The average molecular weight is 723 g/mol. The molecule has 0 aromatic carbocycles. The average Bonchev–Trinajstić information content (AvgIpc) is 3.13. The molecule has 0 aromatic rings. The van der Waals surface area contributed by atoms with E-state index in [0.29, 0.717) is 19.3 Å². The van der Waals surface area contributed by atoms with Crippen LogP contribution in [0.25, 0.3) is 0 Å². The number of carbonyl (C=O) groups is 3. The zero-order valence-corrected chi connectivity index (χ0v) is 34.7. The van der Waals surface area contributed by atoms with Crippen LogP contribution in [0, 0.1) is 11.8 Å². The molecule has 0 radical (unpaired) electrons. The van der Waals surface area contributed by atoms with E-state index in [1.807, 2.05) is 0 Å². The first-order valence-corrected chi connectivity index (χ1v) is 22.3. The first kappa shape index (κ1) is 49.4. The molecule has 0 bridgehead atoms. The van der Waals surface area contributed by atoms with Crippen LogP contribution in [0.15, 0.2) is 0 Å². The molecule has 3 atom stereocenters. The predicted molar refractivity (Wildman–Crippen MR) is 215 cm³/mol. The van der Waals surface area contributed by atoms with Crippen LogP contribution in [0.4, 0.5) is 0 Å². The highest BCUT2D eigenvalue weighted by atomic mass is 16.6. The molecule has 0 aliphatic rings. The molecule has 0 spiro atoms. The van der Waals surface area contributed by atoms with Gasteiger partial charge in [0.05, 0.1) is 0 Å². The summed E-state index contributed by atoms with van der Waals surface area (Å²) in [6.45, 7) is 11.3. The van der Waals surface area contributed by atoms with Gasteiger partial charge in [-0.1, -0.05) is 202 Å². The van der Waals surface area contributed by atoms with Gasteiger partial charge in [0.15, 0.2) is 6.10 Å². The highest BCUT2D eigenvalue weighted by molar-refractivity contribution is 5.71. The molecule has 6 nitrogen and oxygen atoms in total. The minimum Gasteiger partial charge on any atom is -0.462 e. The third-order valence-electron chi connectivity index (χ3n) is 10.7. The Kier molecular flexibility index (Phi) is 37.0. The molecule has 302 valence electrons. The van der Waals surface area contributed by atoms with E-state index in [9.17, 15) is 14.4 Å². The summed E-state index contributed by atoms with van der Waals surface area (Å²) in [4.78, 5) is 37.4.